The van der Waals surface area contributed by atoms with E-state index in [0.717, 1.165) is 81.2 Å². The van der Waals surface area contributed by atoms with E-state index in [1.54, 1.807) is 43.3 Å². The lowest BCUT2D eigenvalue weighted by atomic mass is 9.65. The van der Waals surface area contributed by atoms with Crippen LogP contribution in [0.25, 0.3) is 21.5 Å². The number of hydrogen-bond acceptors (Lipinski definition) is 10. The number of unbranched alkanes of at least 4 members (excludes halogenated alkanes) is 3. The fourth-order valence-corrected chi connectivity index (χ4v) is 7.42. The Balaban J connectivity index is 0.911. The Labute approximate surface area is 394 Å². The first-order valence-corrected chi connectivity index (χ1v) is 23.0. The van der Waals surface area contributed by atoms with Crippen LogP contribution in [0.1, 0.15) is 88.7 Å². The highest BCUT2D eigenvalue weighted by Gasteiger charge is 2.34. The first-order chi connectivity index (χ1) is 32.3. The van der Waals surface area contributed by atoms with Crippen molar-refractivity contribution in [1.29, 1.82) is 0 Å². The lowest BCUT2D eigenvalue weighted by Crippen LogP contribution is -2.33. The average Bonchev–Trinajstić information content (AvgIpc) is 3.33. The summed E-state index contributed by atoms with van der Waals surface area (Å²) in [6.45, 7) is 18.2. The second kappa shape index (κ2) is 21.7. The average molecular weight is 896 g/mol. The third kappa shape index (κ3) is 12.3. The van der Waals surface area contributed by atoms with Crippen LogP contribution in [0, 0.1) is 5.41 Å². The van der Waals surface area contributed by atoms with Crippen molar-refractivity contribution in [2.24, 2.45) is 15.6 Å². The molecule has 0 aliphatic heterocycles. The smallest absolute Gasteiger partial charge is 0.343 e. The SMILES string of the molecule is C=C(C)C(=O)OCCCCCCOc1ccc(C(=O)Oc2ccc(CNc3ccc(N=Nc4ccc(NNc5ccc(C(C)(C)C(C)(C)C)cc5)c5ccccc45)c4ccccc34)cc2)cc1. The van der Waals surface area contributed by atoms with Crippen LogP contribution < -0.4 is 25.6 Å². The van der Waals surface area contributed by atoms with E-state index in [9.17, 15) is 9.59 Å². The molecule has 0 atom stereocenters. The van der Waals surface area contributed by atoms with Gasteiger partial charge in [-0.3, -0.25) is 0 Å². The molecule has 0 aromatic heterocycles. The molecule has 0 saturated carbocycles. The zero-order valence-corrected chi connectivity index (χ0v) is 39.4. The van der Waals surface area contributed by atoms with Crippen molar-refractivity contribution in [3.05, 3.63) is 174 Å². The Morgan fingerprint density at radius 1 is 0.582 bits per heavy atom. The highest BCUT2D eigenvalue weighted by molar-refractivity contribution is 6.02. The number of benzene rings is 7. The van der Waals surface area contributed by atoms with E-state index >= 15 is 0 Å². The number of nitrogens with zero attached hydrogens (tertiary/aromatic N) is 2. The molecule has 0 aliphatic rings. The van der Waals surface area contributed by atoms with Crippen LogP contribution in [0.3, 0.4) is 0 Å². The lowest BCUT2D eigenvalue weighted by Gasteiger charge is -2.39. The summed E-state index contributed by atoms with van der Waals surface area (Å²) in [5.74, 6) is 0.355. The number of anilines is 3. The summed E-state index contributed by atoms with van der Waals surface area (Å²) in [5, 5.41) is 17.2. The zero-order chi connectivity index (χ0) is 47.4. The first kappa shape index (κ1) is 47.5. The second-order valence-corrected chi connectivity index (χ2v) is 18.3. The Bertz CT molecular complexity index is 2850. The number of carbonyl (C=O) groups is 2. The van der Waals surface area contributed by atoms with Crippen LogP contribution >= 0.6 is 0 Å². The number of fused-ring (bicyclic) bond motifs is 2. The molecule has 0 aliphatic carbocycles. The number of nitrogens with one attached hydrogen (secondary N) is 3. The maximum Gasteiger partial charge on any atom is 0.343 e. The number of esters is 2. The summed E-state index contributed by atoms with van der Waals surface area (Å²) in [6.07, 6.45) is 3.58. The summed E-state index contributed by atoms with van der Waals surface area (Å²) < 4.78 is 16.6. The van der Waals surface area contributed by atoms with Crippen LogP contribution in [-0.2, 0) is 21.5 Å². The number of ether oxygens (including phenoxy) is 3. The van der Waals surface area contributed by atoms with Gasteiger partial charge in [0.05, 0.1) is 41.5 Å². The van der Waals surface area contributed by atoms with Gasteiger partial charge in [0.25, 0.3) is 0 Å². The highest BCUT2D eigenvalue weighted by atomic mass is 16.5. The van der Waals surface area contributed by atoms with Gasteiger partial charge in [-0.25, -0.2) is 9.59 Å². The minimum atomic E-state index is -0.443. The van der Waals surface area contributed by atoms with Gasteiger partial charge < -0.3 is 30.4 Å². The summed E-state index contributed by atoms with van der Waals surface area (Å²) >= 11 is 0. The van der Waals surface area contributed by atoms with Crippen LogP contribution in [0.5, 0.6) is 11.5 Å². The number of rotatable bonds is 20. The van der Waals surface area contributed by atoms with E-state index in [1.165, 1.54) is 5.56 Å². The molecule has 0 radical (unpaired) electrons. The van der Waals surface area contributed by atoms with Gasteiger partial charge in [0.2, 0.25) is 0 Å². The van der Waals surface area contributed by atoms with Crippen molar-refractivity contribution in [3.8, 4) is 11.5 Å². The third-order valence-corrected chi connectivity index (χ3v) is 12.5. The number of azo groups is 1. The Hall–Kier alpha value is -7.46. The van der Waals surface area contributed by atoms with Gasteiger partial charge in [-0.1, -0.05) is 114 Å². The molecule has 10 heteroatoms. The first-order valence-electron chi connectivity index (χ1n) is 23.0. The summed E-state index contributed by atoms with van der Waals surface area (Å²) in [5.41, 5.74) is 14.6. The molecule has 0 fully saturated rings. The number of hydrogen-bond donors (Lipinski definition) is 3. The molecule has 67 heavy (non-hydrogen) atoms. The predicted molar refractivity (Wildman–Crippen MR) is 273 cm³/mol. The number of carbonyl (C=O) groups excluding carboxylic acids is 2. The Kier molecular flexibility index (Phi) is 15.4. The van der Waals surface area contributed by atoms with Crippen molar-refractivity contribution in [2.45, 2.75) is 79.2 Å². The van der Waals surface area contributed by atoms with Crippen molar-refractivity contribution < 1.29 is 23.8 Å². The fraction of sp³-hybridized carbons (Fsp3) is 0.263. The topological polar surface area (TPSA) is 123 Å². The van der Waals surface area contributed by atoms with Crippen LogP contribution in [0.15, 0.2) is 168 Å². The third-order valence-electron chi connectivity index (χ3n) is 12.5. The molecule has 7 aromatic carbocycles. The molecule has 7 aromatic rings. The Morgan fingerprint density at radius 3 is 1.73 bits per heavy atom. The van der Waals surface area contributed by atoms with Gasteiger partial charge >= 0.3 is 11.9 Å². The van der Waals surface area contributed by atoms with Crippen molar-refractivity contribution in [1.82, 2.24) is 0 Å². The number of hydrazine groups is 1. The standard InChI is InChI=1S/C57H61N5O5/c1-39(2)54(63)66-37-15-9-8-14-36-65-44-30-22-41(23-31-44)55(64)67-45-28-20-40(21-29-45)38-58-50-32-33-52(47-17-11-10-16-46(47)50)61-62-53-35-34-51(48-18-12-13-19-49(48)53)60-59-43-26-24-42(25-27-43)57(6,7)56(3,4)5/h10-13,16-35,58-60H,1,8-9,14-15,36-38H2,2-7H3. The van der Waals surface area contributed by atoms with E-state index in [1.807, 2.05) is 60.7 Å². The van der Waals surface area contributed by atoms with Crippen molar-refractivity contribution in [3.63, 3.8) is 0 Å². The molecule has 10 nitrogen and oxygen atoms in total. The minimum absolute atomic E-state index is 0.0337. The molecule has 0 saturated heterocycles. The molecule has 0 spiro atoms. The van der Waals surface area contributed by atoms with E-state index in [4.69, 9.17) is 24.4 Å². The van der Waals surface area contributed by atoms with E-state index < -0.39 is 5.97 Å². The van der Waals surface area contributed by atoms with Crippen LogP contribution in [-0.4, -0.2) is 25.2 Å². The fourth-order valence-electron chi connectivity index (χ4n) is 7.42. The van der Waals surface area contributed by atoms with Crippen LogP contribution in [0.2, 0.25) is 0 Å². The van der Waals surface area contributed by atoms with Gasteiger partial charge in [0.15, 0.2) is 0 Å². The predicted octanol–water partition coefficient (Wildman–Crippen LogP) is 15.1. The second-order valence-electron chi connectivity index (χ2n) is 18.3. The maximum absolute atomic E-state index is 12.9. The summed E-state index contributed by atoms with van der Waals surface area (Å²) in [7, 11) is 0. The van der Waals surface area contributed by atoms with Crippen molar-refractivity contribution >= 4 is 61.9 Å². The van der Waals surface area contributed by atoms with Gasteiger partial charge in [0.1, 0.15) is 11.5 Å². The normalized spacial score (nSPS) is 11.7. The van der Waals surface area contributed by atoms with Gasteiger partial charge in [-0.15, -0.1) is 10.2 Å². The van der Waals surface area contributed by atoms with E-state index in [2.05, 4.69) is 106 Å². The highest BCUT2D eigenvalue weighted by Crippen LogP contribution is 2.41. The molecular formula is C57H61N5O5. The largest absolute Gasteiger partial charge is 0.494 e. The molecule has 3 N–H and O–H groups in total. The molecule has 7 rings (SSSR count). The Morgan fingerprint density at radius 2 is 1.13 bits per heavy atom. The maximum atomic E-state index is 12.9. The quantitative estimate of drug-likeness (QED) is 0.0173. The van der Waals surface area contributed by atoms with Gasteiger partial charge in [-0.05, 0) is 127 Å². The molecule has 0 heterocycles. The zero-order valence-electron chi connectivity index (χ0n) is 39.4. The summed E-state index contributed by atoms with van der Waals surface area (Å²) in [6, 6.07) is 47.5. The molecule has 344 valence electrons. The monoisotopic (exact) mass is 895 g/mol. The van der Waals surface area contributed by atoms with Crippen molar-refractivity contribution in [2.75, 3.05) is 29.4 Å². The molecule has 0 bridgehead atoms. The van der Waals surface area contributed by atoms with Gasteiger partial charge in [0, 0.05) is 39.4 Å². The molecule has 0 amide bonds. The van der Waals surface area contributed by atoms with E-state index in [-0.39, 0.29) is 16.8 Å². The van der Waals surface area contributed by atoms with Crippen LogP contribution in [0.4, 0.5) is 28.4 Å². The lowest BCUT2D eigenvalue weighted by molar-refractivity contribution is -0.139. The van der Waals surface area contributed by atoms with E-state index in [0.29, 0.717) is 42.4 Å². The molecular weight excluding hydrogens is 835 g/mol. The van der Waals surface area contributed by atoms with Gasteiger partial charge in [-0.2, -0.15) is 0 Å². The summed E-state index contributed by atoms with van der Waals surface area (Å²) in [4.78, 5) is 24.4. The molecule has 0 unspecified atom stereocenters. The minimum Gasteiger partial charge on any atom is -0.494 e.